The van der Waals surface area contributed by atoms with Crippen LogP contribution >= 0.6 is 27.3 Å². The Labute approximate surface area is 114 Å². The van der Waals surface area contributed by atoms with E-state index < -0.39 is 0 Å². The molecule has 0 spiro atoms. The van der Waals surface area contributed by atoms with Gasteiger partial charge in [0.05, 0.1) is 10.7 Å². The van der Waals surface area contributed by atoms with Crippen LogP contribution in [0.2, 0.25) is 0 Å². The fraction of sp³-hybridized carbons (Fsp3) is 0.308. The van der Waals surface area contributed by atoms with Crippen LogP contribution in [-0.2, 0) is 6.42 Å². The Kier molecular flexibility index (Phi) is 4.31. The second-order valence-electron chi connectivity index (χ2n) is 3.88. The number of rotatable bonds is 4. The van der Waals surface area contributed by atoms with Gasteiger partial charge in [0.1, 0.15) is 0 Å². The summed E-state index contributed by atoms with van der Waals surface area (Å²) >= 11 is 5.29. The van der Waals surface area contributed by atoms with E-state index in [2.05, 4.69) is 40.3 Å². The van der Waals surface area contributed by atoms with Crippen molar-refractivity contribution in [2.24, 2.45) is 0 Å². The third-order valence-corrected chi connectivity index (χ3v) is 4.05. The molecule has 0 aliphatic heterocycles. The molecule has 2 aromatic rings. The molecule has 1 aromatic heterocycles. The van der Waals surface area contributed by atoms with E-state index in [4.69, 9.17) is 4.98 Å². The SMILES string of the molecule is CNCCc1nc(-c2cccc(Br)c2)c(C)s1. The highest BCUT2D eigenvalue weighted by Gasteiger charge is 2.09. The molecule has 0 radical (unpaired) electrons. The van der Waals surface area contributed by atoms with Crippen molar-refractivity contribution < 1.29 is 0 Å². The van der Waals surface area contributed by atoms with E-state index in [-0.39, 0.29) is 0 Å². The van der Waals surface area contributed by atoms with Gasteiger partial charge in [0.2, 0.25) is 0 Å². The van der Waals surface area contributed by atoms with E-state index in [0.717, 1.165) is 23.1 Å². The van der Waals surface area contributed by atoms with Gasteiger partial charge < -0.3 is 5.32 Å². The molecule has 0 saturated carbocycles. The molecule has 2 rings (SSSR count). The van der Waals surface area contributed by atoms with E-state index in [9.17, 15) is 0 Å². The first kappa shape index (κ1) is 12.7. The van der Waals surface area contributed by atoms with Crippen LogP contribution in [0.15, 0.2) is 28.7 Å². The van der Waals surface area contributed by atoms with Crippen molar-refractivity contribution in [3.05, 3.63) is 38.6 Å². The molecule has 90 valence electrons. The minimum atomic E-state index is 0.977. The number of hydrogen-bond donors (Lipinski definition) is 1. The zero-order chi connectivity index (χ0) is 12.3. The second kappa shape index (κ2) is 5.76. The highest BCUT2D eigenvalue weighted by molar-refractivity contribution is 9.10. The van der Waals surface area contributed by atoms with Gasteiger partial charge in [-0.1, -0.05) is 28.1 Å². The summed E-state index contributed by atoms with van der Waals surface area (Å²) in [5.41, 5.74) is 2.30. The summed E-state index contributed by atoms with van der Waals surface area (Å²) in [6.07, 6.45) is 0.996. The highest BCUT2D eigenvalue weighted by atomic mass is 79.9. The number of nitrogens with one attached hydrogen (secondary N) is 1. The minimum absolute atomic E-state index is 0.977. The molecular weight excluding hydrogens is 296 g/mol. The molecule has 0 atom stereocenters. The number of aromatic nitrogens is 1. The molecule has 0 aliphatic carbocycles. The first-order valence-corrected chi connectivity index (χ1v) is 7.18. The summed E-state index contributed by atoms with van der Waals surface area (Å²) in [5, 5.41) is 4.35. The van der Waals surface area contributed by atoms with Gasteiger partial charge in [-0.15, -0.1) is 11.3 Å². The molecule has 0 fully saturated rings. The van der Waals surface area contributed by atoms with Crippen molar-refractivity contribution in [2.75, 3.05) is 13.6 Å². The molecule has 0 bridgehead atoms. The largest absolute Gasteiger partial charge is 0.319 e. The van der Waals surface area contributed by atoms with Gasteiger partial charge in [-0.25, -0.2) is 4.98 Å². The number of aryl methyl sites for hydroxylation is 1. The summed E-state index contributed by atoms with van der Waals surface area (Å²) in [4.78, 5) is 6.00. The number of likely N-dealkylation sites (N-methyl/N-ethyl adjacent to an activating group) is 1. The molecule has 4 heteroatoms. The summed E-state index contributed by atoms with van der Waals surface area (Å²) in [6.45, 7) is 3.11. The Morgan fingerprint density at radius 1 is 1.41 bits per heavy atom. The fourth-order valence-electron chi connectivity index (χ4n) is 1.69. The van der Waals surface area contributed by atoms with Gasteiger partial charge >= 0.3 is 0 Å². The van der Waals surface area contributed by atoms with Crippen LogP contribution in [0.25, 0.3) is 11.3 Å². The van der Waals surface area contributed by atoms with E-state index in [1.165, 1.54) is 15.4 Å². The molecule has 0 amide bonds. The van der Waals surface area contributed by atoms with Crippen LogP contribution in [0.3, 0.4) is 0 Å². The molecule has 0 saturated heterocycles. The first-order valence-electron chi connectivity index (χ1n) is 5.57. The lowest BCUT2D eigenvalue weighted by atomic mass is 10.1. The van der Waals surface area contributed by atoms with Crippen molar-refractivity contribution in [2.45, 2.75) is 13.3 Å². The molecule has 0 aliphatic rings. The fourth-order valence-corrected chi connectivity index (χ4v) is 3.05. The summed E-state index contributed by atoms with van der Waals surface area (Å²) < 4.78 is 1.10. The van der Waals surface area contributed by atoms with Crippen molar-refractivity contribution >= 4 is 27.3 Å². The number of nitrogens with zero attached hydrogens (tertiary/aromatic N) is 1. The molecule has 2 nitrogen and oxygen atoms in total. The quantitative estimate of drug-likeness (QED) is 0.932. The maximum absolute atomic E-state index is 4.72. The van der Waals surface area contributed by atoms with Gasteiger partial charge in [-0.3, -0.25) is 0 Å². The van der Waals surface area contributed by atoms with Crippen LogP contribution in [-0.4, -0.2) is 18.6 Å². The Balaban J connectivity index is 2.29. The molecule has 0 unspecified atom stereocenters. The highest BCUT2D eigenvalue weighted by Crippen LogP contribution is 2.29. The Morgan fingerprint density at radius 3 is 2.94 bits per heavy atom. The van der Waals surface area contributed by atoms with Crippen molar-refractivity contribution in [3.63, 3.8) is 0 Å². The zero-order valence-electron chi connectivity index (χ0n) is 9.96. The summed E-state index contributed by atoms with van der Waals surface area (Å²) in [6, 6.07) is 8.30. The monoisotopic (exact) mass is 310 g/mol. The Bertz CT molecular complexity index is 508. The van der Waals surface area contributed by atoms with Crippen LogP contribution in [0.4, 0.5) is 0 Å². The average Bonchev–Trinajstić information content (AvgIpc) is 2.68. The third-order valence-electron chi connectivity index (χ3n) is 2.53. The Hall–Kier alpha value is -0.710. The van der Waals surface area contributed by atoms with Gasteiger partial charge in [0.25, 0.3) is 0 Å². The van der Waals surface area contributed by atoms with Gasteiger partial charge in [0.15, 0.2) is 0 Å². The van der Waals surface area contributed by atoms with E-state index in [0.29, 0.717) is 0 Å². The van der Waals surface area contributed by atoms with Crippen LogP contribution in [0, 0.1) is 6.92 Å². The topological polar surface area (TPSA) is 24.9 Å². The zero-order valence-corrected chi connectivity index (χ0v) is 12.4. The molecule has 1 heterocycles. The van der Waals surface area contributed by atoms with Crippen molar-refractivity contribution in [1.82, 2.24) is 10.3 Å². The van der Waals surface area contributed by atoms with Gasteiger partial charge in [-0.2, -0.15) is 0 Å². The minimum Gasteiger partial charge on any atom is -0.319 e. The van der Waals surface area contributed by atoms with E-state index in [1.807, 2.05) is 19.2 Å². The predicted octanol–water partition coefficient (Wildman–Crippen LogP) is 3.64. The van der Waals surface area contributed by atoms with E-state index in [1.54, 1.807) is 11.3 Å². The van der Waals surface area contributed by atoms with Gasteiger partial charge in [0, 0.05) is 27.9 Å². The standard InChI is InChI=1S/C13H15BrN2S/c1-9-13(10-4-3-5-11(14)8-10)16-12(17-9)6-7-15-2/h3-5,8,15H,6-7H2,1-2H3. The predicted molar refractivity (Wildman–Crippen MR) is 77.6 cm³/mol. The van der Waals surface area contributed by atoms with Crippen molar-refractivity contribution in [3.8, 4) is 11.3 Å². The van der Waals surface area contributed by atoms with Crippen LogP contribution < -0.4 is 5.32 Å². The molecular formula is C13H15BrN2S. The number of thiazole rings is 1. The Morgan fingerprint density at radius 2 is 2.24 bits per heavy atom. The average molecular weight is 311 g/mol. The summed E-state index contributed by atoms with van der Waals surface area (Å²) in [7, 11) is 1.97. The lowest BCUT2D eigenvalue weighted by molar-refractivity contribution is 0.788. The van der Waals surface area contributed by atoms with Crippen LogP contribution in [0.1, 0.15) is 9.88 Å². The smallest absolute Gasteiger partial charge is 0.0948 e. The normalized spacial score (nSPS) is 10.8. The number of hydrogen-bond acceptors (Lipinski definition) is 3. The number of benzene rings is 1. The maximum Gasteiger partial charge on any atom is 0.0948 e. The lowest BCUT2D eigenvalue weighted by Crippen LogP contribution is -2.09. The van der Waals surface area contributed by atoms with Crippen LogP contribution in [0.5, 0.6) is 0 Å². The molecule has 1 aromatic carbocycles. The first-order chi connectivity index (χ1) is 8.20. The second-order valence-corrected chi connectivity index (χ2v) is 6.08. The molecule has 17 heavy (non-hydrogen) atoms. The number of halogens is 1. The summed E-state index contributed by atoms with van der Waals surface area (Å²) in [5.74, 6) is 0. The third kappa shape index (κ3) is 3.15. The van der Waals surface area contributed by atoms with E-state index >= 15 is 0 Å². The molecule has 1 N–H and O–H groups in total. The lowest BCUT2D eigenvalue weighted by Gasteiger charge is -1.99. The maximum atomic E-state index is 4.72. The van der Waals surface area contributed by atoms with Crippen molar-refractivity contribution in [1.29, 1.82) is 0 Å². The van der Waals surface area contributed by atoms with Gasteiger partial charge in [-0.05, 0) is 26.1 Å².